The molecule has 1 amide bonds. The Balaban J connectivity index is 0.00000576. The van der Waals surface area contributed by atoms with Gasteiger partial charge in [0.05, 0.1) is 6.61 Å². The van der Waals surface area contributed by atoms with E-state index in [0.29, 0.717) is 25.2 Å². The van der Waals surface area contributed by atoms with Crippen LogP contribution in [-0.2, 0) is 9.53 Å². The van der Waals surface area contributed by atoms with E-state index in [-0.39, 0.29) is 36.4 Å². The molecule has 0 bridgehead atoms. The summed E-state index contributed by atoms with van der Waals surface area (Å²) in [6.45, 7) is 9.27. The van der Waals surface area contributed by atoms with Crippen molar-refractivity contribution in [2.24, 2.45) is 4.99 Å². The van der Waals surface area contributed by atoms with E-state index in [1.165, 1.54) is 32.2 Å². The van der Waals surface area contributed by atoms with Crippen LogP contribution in [0.3, 0.4) is 0 Å². The fraction of sp³-hybridized carbons (Fsp3) is 0.882. The Morgan fingerprint density at radius 1 is 1.20 bits per heavy atom. The molecule has 3 N–H and O–H groups in total. The normalized spacial score (nSPS) is 18.4. The molecule has 1 unspecified atom stereocenters. The molecule has 0 aromatic rings. The number of carbonyl (C=O) groups is 1. The van der Waals surface area contributed by atoms with Gasteiger partial charge in [0.2, 0.25) is 5.91 Å². The molecule has 148 valence electrons. The molecule has 0 aromatic heterocycles. The van der Waals surface area contributed by atoms with Crippen molar-refractivity contribution in [1.29, 1.82) is 0 Å². The van der Waals surface area contributed by atoms with Crippen molar-refractivity contribution in [3.05, 3.63) is 0 Å². The molecular formula is C17H36IN5O2. The molecule has 1 atom stereocenters. The first kappa shape index (κ1) is 24.4. The Morgan fingerprint density at radius 3 is 2.68 bits per heavy atom. The molecule has 1 aliphatic heterocycles. The summed E-state index contributed by atoms with van der Waals surface area (Å²) in [5.74, 6) is 0.607. The molecule has 0 aromatic carbocycles. The van der Waals surface area contributed by atoms with E-state index in [2.05, 4.69) is 32.8 Å². The Kier molecular flexibility index (Phi) is 15.2. The second-order valence-electron chi connectivity index (χ2n) is 6.06. The zero-order valence-corrected chi connectivity index (χ0v) is 18.3. The summed E-state index contributed by atoms with van der Waals surface area (Å²) in [5.41, 5.74) is 0. The van der Waals surface area contributed by atoms with E-state index in [1.807, 2.05) is 6.92 Å². The van der Waals surface area contributed by atoms with Gasteiger partial charge in [0, 0.05) is 39.3 Å². The topological polar surface area (TPSA) is 78.0 Å². The van der Waals surface area contributed by atoms with Crippen LogP contribution in [0.4, 0.5) is 0 Å². The molecule has 25 heavy (non-hydrogen) atoms. The van der Waals surface area contributed by atoms with Gasteiger partial charge in [-0.05, 0) is 32.7 Å². The molecule has 0 radical (unpaired) electrons. The number of hydrogen-bond donors (Lipinski definition) is 3. The van der Waals surface area contributed by atoms with Gasteiger partial charge < -0.3 is 20.7 Å². The van der Waals surface area contributed by atoms with Crippen LogP contribution in [0.25, 0.3) is 0 Å². The maximum absolute atomic E-state index is 11.7. The van der Waals surface area contributed by atoms with Gasteiger partial charge in [0.1, 0.15) is 6.54 Å². The number of ether oxygens (including phenoxy) is 1. The summed E-state index contributed by atoms with van der Waals surface area (Å²) in [6, 6.07) is 0.714. The average Bonchev–Trinajstić information content (AvgIpc) is 2.60. The zero-order chi connectivity index (χ0) is 17.6. The minimum absolute atomic E-state index is 0. The predicted octanol–water partition coefficient (Wildman–Crippen LogP) is 1.19. The number of hydrogen-bond acceptors (Lipinski definition) is 4. The van der Waals surface area contributed by atoms with Gasteiger partial charge in [-0.1, -0.05) is 13.3 Å². The summed E-state index contributed by atoms with van der Waals surface area (Å²) in [6.07, 6.45) is 5.18. The summed E-state index contributed by atoms with van der Waals surface area (Å²) in [4.78, 5) is 18.6. The highest BCUT2D eigenvalue weighted by Crippen LogP contribution is 2.18. The molecule has 7 nitrogen and oxygen atoms in total. The quantitative estimate of drug-likeness (QED) is 0.194. The van der Waals surface area contributed by atoms with E-state index >= 15 is 0 Å². The van der Waals surface area contributed by atoms with Crippen LogP contribution in [0.5, 0.6) is 0 Å². The van der Waals surface area contributed by atoms with Crippen LogP contribution in [0.15, 0.2) is 4.99 Å². The zero-order valence-electron chi connectivity index (χ0n) is 16.0. The van der Waals surface area contributed by atoms with Crippen LogP contribution in [0.2, 0.25) is 0 Å². The number of aliphatic imine (C=N–C) groups is 1. The van der Waals surface area contributed by atoms with E-state index in [1.54, 1.807) is 7.11 Å². The van der Waals surface area contributed by atoms with Crippen LogP contribution in [0.1, 0.15) is 39.5 Å². The van der Waals surface area contributed by atoms with Crippen LogP contribution in [0, 0.1) is 0 Å². The summed E-state index contributed by atoms with van der Waals surface area (Å²) >= 11 is 0. The lowest BCUT2D eigenvalue weighted by molar-refractivity contribution is -0.119. The third-order valence-electron chi connectivity index (χ3n) is 4.27. The highest BCUT2D eigenvalue weighted by molar-refractivity contribution is 14.0. The van der Waals surface area contributed by atoms with Gasteiger partial charge in [-0.25, -0.2) is 4.99 Å². The van der Waals surface area contributed by atoms with Crippen LogP contribution < -0.4 is 16.0 Å². The molecular weight excluding hydrogens is 433 g/mol. The van der Waals surface area contributed by atoms with E-state index in [9.17, 15) is 4.79 Å². The third-order valence-corrected chi connectivity index (χ3v) is 4.27. The lowest BCUT2D eigenvalue weighted by atomic mass is 10.0. The predicted molar refractivity (Wildman–Crippen MR) is 114 cm³/mol. The monoisotopic (exact) mass is 469 g/mol. The Labute approximate surface area is 169 Å². The SMILES string of the molecule is CCNC(=NCC(=O)NCCOC)NCCN1CCCCC1CC.I. The molecule has 0 spiro atoms. The number of guanidine groups is 1. The first-order valence-electron chi connectivity index (χ1n) is 9.23. The molecule has 0 saturated carbocycles. The van der Waals surface area contributed by atoms with Crippen LogP contribution >= 0.6 is 24.0 Å². The van der Waals surface area contributed by atoms with E-state index in [0.717, 1.165) is 19.6 Å². The highest BCUT2D eigenvalue weighted by atomic mass is 127. The van der Waals surface area contributed by atoms with E-state index < -0.39 is 0 Å². The molecule has 1 fully saturated rings. The Morgan fingerprint density at radius 2 is 2.00 bits per heavy atom. The fourth-order valence-corrected chi connectivity index (χ4v) is 2.98. The number of halogens is 1. The maximum Gasteiger partial charge on any atom is 0.241 e. The minimum Gasteiger partial charge on any atom is -0.383 e. The van der Waals surface area contributed by atoms with Crippen molar-refractivity contribution in [3.63, 3.8) is 0 Å². The average molecular weight is 469 g/mol. The fourth-order valence-electron chi connectivity index (χ4n) is 2.98. The lowest BCUT2D eigenvalue weighted by Crippen LogP contribution is -2.46. The van der Waals surface area contributed by atoms with Gasteiger partial charge in [-0.3, -0.25) is 9.69 Å². The third kappa shape index (κ3) is 10.9. The molecule has 1 heterocycles. The van der Waals surface area contributed by atoms with Crippen molar-refractivity contribution in [3.8, 4) is 0 Å². The number of piperidine rings is 1. The van der Waals surface area contributed by atoms with E-state index in [4.69, 9.17) is 4.74 Å². The number of methoxy groups -OCH3 is 1. The van der Waals surface area contributed by atoms with Gasteiger partial charge in [-0.15, -0.1) is 24.0 Å². The van der Waals surface area contributed by atoms with Gasteiger partial charge >= 0.3 is 0 Å². The summed E-state index contributed by atoms with van der Waals surface area (Å²) < 4.78 is 4.91. The molecule has 1 saturated heterocycles. The Bertz CT molecular complexity index is 382. The molecule has 1 rings (SSSR count). The highest BCUT2D eigenvalue weighted by Gasteiger charge is 2.19. The molecule has 0 aliphatic carbocycles. The van der Waals surface area contributed by atoms with Crippen molar-refractivity contribution in [1.82, 2.24) is 20.9 Å². The van der Waals surface area contributed by atoms with Gasteiger partial charge in [-0.2, -0.15) is 0 Å². The summed E-state index contributed by atoms with van der Waals surface area (Å²) in [5, 5.41) is 9.28. The second-order valence-corrected chi connectivity index (χ2v) is 6.06. The minimum atomic E-state index is -0.0914. The van der Waals surface area contributed by atoms with Crippen molar-refractivity contribution < 1.29 is 9.53 Å². The molecule has 1 aliphatic rings. The number of nitrogens with one attached hydrogen (secondary N) is 3. The molecule has 8 heteroatoms. The first-order valence-corrected chi connectivity index (χ1v) is 9.23. The number of nitrogens with zero attached hydrogens (tertiary/aromatic N) is 2. The smallest absolute Gasteiger partial charge is 0.241 e. The van der Waals surface area contributed by atoms with Crippen molar-refractivity contribution in [2.75, 3.05) is 53.0 Å². The van der Waals surface area contributed by atoms with Crippen molar-refractivity contribution in [2.45, 2.75) is 45.6 Å². The Hall–Kier alpha value is -0.610. The summed E-state index contributed by atoms with van der Waals surface area (Å²) in [7, 11) is 1.61. The van der Waals surface area contributed by atoms with Gasteiger partial charge in [0.25, 0.3) is 0 Å². The van der Waals surface area contributed by atoms with Crippen molar-refractivity contribution >= 4 is 35.8 Å². The number of amides is 1. The second kappa shape index (κ2) is 15.6. The first-order chi connectivity index (χ1) is 11.7. The lowest BCUT2D eigenvalue weighted by Gasteiger charge is -2.35. The number of rotatable bonds is 10. The number of carbonyl (C=O) groups excluding carboxylic acids is 1. The maximum atomic E-state index is 11.7. The number of likely N-dealkylation sites (tertiary alicyclic amines) is 1. The van der Waals surface area contributed by atoms with Gasteiger partial charge in [0.15, 0.2) is 5.96 Å². The standard InChI is InChI=1S/C17H35N5O2.HI/c1-4-15-8-6-7-11-22(15)12-9-20-17(18-5-2)21-14-16(23)19-10-13-24-3;/h15H,4-14H2,1-3H3,(H,19,23)(H2,18,20,21);1H. The van der Waals surface area contributed by atoms with Crippen LogP contribution in [-0.4, -0.2) is 75.8 Å². The largest absolute Gasteiger partial charge is 0.383 e.